The van der Waals surface area contributed by atoms with Gasteiger partial charge >= 0.3 is 5.97 Å². The van der Waals surface area contributed by atoms with Gasteiger partial charge in [0.1, 0.15) is 5.75 Å². The maximum Gasteiger partial charge on any atom is 0.344 e. The second-order valence-electron chi connectivity index (χ2n) is 7.78. The van der Waals surface area contributed by atoms with Gasteiger partial charge in [0.25, 0.3) is 5.91 Å². The van der Waals surface area contributed by atoms with Crippen LogP contribution in [-0.4, -0.2) is 30.5 Å². The van der Waals surface area contributed by atoms with E-state index in [2.05, 4.69) is 47.7 Å². The number of nitrogens with one attached hydrogen (secondary N) is 2. The van der Waals surface area contributed by atoms with Crippen LogP contribution in [0.5, 0.6) is 5.75 Å². The van der Waals surface area contributed by atoms with Crippen LogP contribution < -0.4 is 15.5 Å². The molecule has 0 radical (unpaired) electrons. The molecule has 0 aliphatic carbocycles. The quantitative estimate of drug-likeness (QED) is 0.0928. The van der Waals surface area contributed by atoms with Crippen molar-refractivity contribution in [3.8, 4) is 5.75 Å². The third-order valence-corrected chi connectivity index (χ3v) is 6.43. The van der Waals surface area contributed by atoms with Crippen LogP contribution in [0, 0.1) is 0 Å². The van der Waals surface area contributed by atoms with Crippen LogP contribution in [0.3, 0.4) is 0 Å². The maximum atomic E-state index is 12.4. The van der Waals surface area contributed by atoms with E-state index in [1.165, 1.54) is 6.21 Å². The van der Waals surface area contributed by atoms with E-state index in [-0.39, 0.29) is 11.8 Å². The Morgan fingerprint density at radius 1 is 0.833 bits per heavy atom. The van der Waals surface area contributed by atoms with E-state index in [0.717, 1.165) is 17.3 Å². The monoisotopic (exact) mass is 613 g/mol. The van der Waals surface area contributed by atoms with E-state index in [9.17, 15) is 14.4 Å². The third kappa shape index (κ3) is 8.73. The van der Waals surface area contributed by atoms with Gasteiger partial charge < -0.3 is 10.1 Å². The van der Waals surface area contributed by atoms with Crippen molar-refractivity contribution < 1.29 is 19.1 Å². The van der Waals surface area contributed by atoms with Gasteiger partial charge in [-0.3, -0.25) is 9.59 Å². The Morgan fingerprint density at radius 3 is 2.25 bits per heavy atom. The van der Waals surface area contributed by atoms with Crippen molar-refractivity contribution in [3.63, 3.8) is 0 Å². The molecule has 3 aromatic rings. The van der Waals surface area contributed by atoms with E-state index in [0.29, 0.717) is 46.3 Å². The summed E-state index contributed by atoms with van der Waals surface area (Å²) in [5.41, 5.74) is 4.20. The van der Waals surface area contributed by atoms with Gasteiger partial charge in [-0.1, -0.05) is 42.8 Å². The van der Waals surface area contributed by atoms with Gasteiger partial charge in [0.05, 0.1) is 17.3 Å². The molecular formula is C27H25Br2N3O4. The molecule has 0 atom stereocenters. The Bertz CT molecular complexity index is 1250. The first-order valence-corrected chi connectivity index (χ1v) is 12.9. The maximum absolute atomic E-state index is 12.4. The molecule has 0 heterocycles. The standard InChI is InChI=1S/C27H25Br2N3O4/c28-23-13-5-3-11-21(23)26(34)30-16-7-1-2-15-25(33)32-31-18-19-9-8-10-20(17-19)36-27(35)22-12-4-6-14-24(22)29/h3-6,8-14,17-18H,1-2,7,15-16H2,(H,30,34)(H,32,33). The largest absolute Gasteiger partial charge is 0.423 e. The third-order valence-electron chi connectivity index (χ3n) is 5.05. The van der Waals surface area contributed by atoms with Crippen molar-refractivity contribution in [3.05, 3.63) is 98.4 Å². The number of unbranched alkanes of at least 4 members (excludes halogenated alkanes) is 2. The second-order valence-corrected chi connectivity index (χ2v) is 9.49. The van der Waals surface area contributed by atoms with Gasteiger partial charge in [-0.05, 0) is 86.7 Å². The molecule has 0 fully saturated rings. The molecule has 2 N–H and O–H groups in total. The van der Waals surface area contributed by atoms with Crippen LogP contribution in [0.25, 0.3) is 0 Å². The van der Waals surface area contributed by atoms with Gasteiger partial charge in [-0.15, -0.1) is 0 Å². The average Bonchev–Trinajstić information content (AvgIpc) is 2.86. The number of ether oxygens (including phenoxy) is 1. The minimum Gasteiger partial charge on any atom is -0.423 e. The minimum atomic E-state index is -0.475. The fraction of sp³-hybridized carbons (Fsp3) is 0.185. The van der Waals surface area contributed by atoms with E-state index < -0.39 is 5.97 Å². The zero-order valence-corrected chi connectivity index (χ0v) is 22.5. The molecule has 0 aromatic heterocycles. The van der Waals surface area contributed by atoms with Crippen molar-refractivity contribution in [1.82, 2.24) is 10.7 Å². The number of amides is 2. The predicted octanol–water partition coefficient (Wildman–Crippen LogP) is 5.87. The summed E-state index contributed by atoms with van der Waals surface area (Å²) >= 11 is 6.71. The number of hydrogen-bond acceptors (Lipinski definition) is 5. The van der Waals surface area contributed by atoms with Crippen LogP contribution in [0.2, 0.25) is 0 Å². The smallest absolute Gasteiger partial charge is 0.344 e. The van der Waals surface area contributed by atoms with Gasteiger partial charge in [0.15, 0.2) is 0 Å². The number of carbonyl (C=O) groups is 3. The predicted molar refractivity (Wildman–Crippen MR) is 146 cm³/mol. The summed E-state index contributed by atoms with van der Waals surface area (Å²) in [4.78, 5) is 36.5. The molecule has 0 aliphatic heterocycles. The van der Waals surface area contributed by atoms with Gasteiger partial charge in [-0.25, -0.2) is 10.2 Å². The van der Waals surface area contributed by atoms with Crippen molar-refractivity contribution in [2.45, 2.75) is 25.7 Å². The Balaban J connectivity index is 1.34. The zero-order valence-electron chi connectivity index (χ0n) is 19.4. The molecule has 0 unspecified atom stereocenters. The molecule has 0 bridgehead atoms. The lowest BCUT2D eigenvalue weighted by Crippen LogP contribution is -2.24. The summed E-state index contributed by atoms with van der Waals surface area (Å²) < 4.78 is 6.84. The molecule has 186 valence electrons. The number of hydrogen-bond donors (Lipinski definition) is 2. The highest BCUT2D eigenvalue weighted by atomic mass is 79.9. The number of halogens is 2. The number of nitrogens with zero attached hydrogens (tertiary/aromatic N) is 1. The zero-order chi connectivity index (χ0) is 25.8. The molecule has 7 nitrogen and oxygen atoms in total. The molecule has 3 aromatic carbocycles. The topological polar surface area (TPSA) is 96.9 Å². The molecule has 2 amide bonds. The highest BCUT2D eigenvalue weighted by molar-refractivity contribution is 9.10. The number of hydrazone groups is 1. The van der Waals surface area contributed by atoms with Crippen molar-refractivity contribution in [1.29, 1.82) is 0 Å². The lowest BCUT2D eigenvalue weighted by molar-refractivity contribution is -0.121. The van der Waals surface area contributed by atoms with Crippen LogP contribution in [0.15, 0.2) is 86.8 Å². The summed E-state index contributed by atoms with van der Waals surface area (Å²) in [5.74, 6) is -0.420. The van der Waals surface area contributed by atoms with Crippen LogP contribution in [0.4, 0.5) is 0 Å². The number of carbonyl (C=O) groups excluding carboxylic acids is 3. The normalized spacial score (nSPS) is 10.7. The Hall–Kier alpha value is -3.30. The second kappa shape index (κ2) is 14.3. The molecular weight excluding hydrogens is 590 g/mol. The van der Waals surface area contributed by atoms with Crippen molar-refractivity contribution in [2.75, 3.05) is 6.54 Å². The Kier molecular flexibility index (Phi) is 10.8. The molecule has 0 saturated heterocycles. The highest BCUT2D eigenvalue weighted by Gasteiger charge is 2.12. The SMILES string of the molecule is O=C(CCCCCNC(=O)c1ccccc1Br)NN=Cc1cccc(OC(=O)c2ccccc2Br)c1. The fourth-order valence-corrected chi connectivity index (χ4v) is 4.12. The van der Waals surface area contributed by atoms with Gasteiger partial charge in [0.2, 0.25) is 5.91 Å². The summed E-state index contributed by atoms with van der Waals surface area (Å²) in [6.45, 7) is 0.544. The van der Waals surface area contributed by atoms with E-state index in [1.54, 1.807) is 48.5 Å². The first-order valence-electron chi connectivity index (χ1n) is 11.4. The summed E-state index contributed by atoms with van der Waals surface area (Å²) in [7, 11) is 0. The molecule has 0 spiro atoms. The van der Waals surface area contributed by atoms with E-state index in [4.69, 9.17) is 4.74 Å². The Morgan fingerprint density at radius 2 is 1.53 bits per heavy atom. The van der Waals surface area contributed by atoms with E-state index in [1.807, 2.05) is 24.3 Å². The van der Waals surface area contributed by atoms with Gasteiger partial charge in [-0.2, -0.15) is 5.10 Å². The first-order chi connectivity index (χ1) is 17.4. The first kappa shape index (κ1) is 27.3. The molecule has 0 aliphatic rings. The number of benzene rings is 3. The Labute approximate surface area is 226 Å². The lowest BCUT2D eigenvalue weighted by Gasteiger charge is -2.07. The van der Waals surface area contributed by atoms with Gasteiger partial charge in [0, 0.05) is 21.9 Å². The average molecular weight is 615 g/mol. The highest BCUT2D eigenvalue weighted by Crippen LogP contribution is 2.20. The number of esters is 1. The van der Waals surface area contributed by atoms with Crippen LogP contribution in [0.1, 0.15) is 52.0 Å². The summed E-state index contributed by atoms with van der Waals surface area (Å²) in [6.07, 6.45) is 4.09. The molecule has 0 saturated carbocycles. The molecule has 9 heteroatoms. The van der Waals surface area contributed by atoms with Crippen molar-refractivity contribution >= 4 is 55.9 Å². The number of rotatable bonds is 11. The fourth-order valence-electron chi connectivity index (χ4n) is 3.21. The lowest BCUT2D eigenvalue weighted by atomic mass is 10.2. The van der Waals surface area contributed by atoms with Crippen molar-refractivity contribution in [2.24, 2.45) is 5.10 Å². The summed E-state index contributed by atoms with van der Waals surface area (Å²) in [5, 5.41) is 6.86. The summed E-state index contributed by atoms with van der Waals surface area (Å²) in [6, 6.07) is 21.1. The molecule has 3 rings (SSSR count). The van der Waals surface area contributed by atoms with Crippen LogP contribution >= 0.6 is 31.9 Å². The van der Waals surface area contributed by atoms with E-state index >= 15 is 0 Å². The van der Waals surface area contributed by atoms with Crippen LogP contribution in [-0.2, 0) is 4.79 Å². The molecule has 36 heavy (non-hydrogen) atoms. The minimum absolute atomic E-state index is 0.124.